The lowest BCUT2D eigenvalue weighted by molar-refractivity contribution is -0.147. The molecule has 0 aliphatic heterocycles. The number of H-pyrrole nitrogens is 1. The maximum absolute atomic E-state index is 14.3. The Balaban J connectivity index is 1.57. The van der Waals surface area contributed by atoms with Crippen molar-refractivity contribution in [1.29, 1.82) is 0 Å². The summed E-state index contributed by atoms with van der Waals surface area (Å²) in [5.74, 6) is -6.92. The monoisotopic (exact) mass is 840 g/mol. The number of carbonyl (C=O) groups excluding carboxylic acids is 6. The molecule has 18 heteroatoms. The number of aliphatic carboxylic acids is 2. The van der Waals surface area contributed by atoms with Crippen LogP contribution in [0.15, 0.2) is 85.1 Å². The third-order valence-electron chi connectivity index (χ3n) is 9.96. The normalized spacial score (nSPS) is 12.8. The number of para-hydroxylation sites is 2. The molecule has 0 unspecified atom stereocenters. The van der Waals surface area contributed by atoms with Gasteiger partial charge in [-0.15, -0.1) is 0 Å². The average molecular weight is 841 g/mol. The number of unbranched alkanes of at least 4 members (excludes halogenated alkanes) is 1. The highest BCUT2D eigenvalue weighted by atomic mass is 16.4. The smallest absolute Gasteiger partial charge is 0.319 e. The van der Waals surface area contributed by atoms with Crippen molar-refractivity contribution in [2.75, 3.05) is 18.9 Å². The largest absolute Gasteiger partial charge is 0.481 e. The van der Waals surface area contributed by atoms with Gasteiger partial charge in [-0.05, 0) is 55.0 Å². The van der Waals surface area contributed by atoms with E-state index < -0.39 is 90.9 Å². The summed E-state index contributed by atoms with van der Waals surface area (Å²) in [4.78, 5) is 107. The Morgan fingerprint density at radius 2 is 1.41 bits per heavy atom. The van der Waals surface area contributed by atoms with E-state index in [1.165, 1.54) is 7.05 Å². The first-order valence-electron chi connectivity index (χ1n) is 19.7. The molecule has 7 amide bonds. The molecule has 18 nitrogen and oxygen atoms in total. The SMILES string of the molecule is Cc1ccccc1NC(=O)NCCCC[C@H](NC(=O)[C@H](Cc1c[nH]c2ccccc12)NC(=O)CCC(=O)O)C(=O)N(C)[C@@H](CC(=O)O)C(=O)N[C@@H](Cc1ccccc1)C(N)=O. The van der Waals surface area contributed by atoms with E-state index in [2.05, 4.69) is 31.6 Å². The third-order valence-corrected chi connectivity index (χ3v) is 9.96. The van der Waals surface area contributed by atoms with Crippen LogP contribution in [0.4, 0.5) is 10.5 Å². The van der Waals surface area contributed by atoms with Crippen molar-refractivity contribution in [1.82, 2.24) is 31.2 Å². The van der Waals surface area contributed by atoms with Crippen LogP contribution in [0.3, 0.4) is 0 Å². The maximum Gasteiger partial charge on any atom is 0.319 e. The summed E-state index contributed by atoms with van der Waals surface area (Å²) in [5.41, 5.74) is 9.14. The van der Waals surface area contributed by atoms with E-state index in [9.17, 15) is 43.5 Å². The predicted molar refractivity (Wildman–Crippen MR) is 225 cm³/mol. The molecule has 0 bridgehead atoms. The van der Waals surface area contributed by atoms with Gasteiger partial charge in [0.05, 0.1) is 12.8 Å². The van der Waals surface area contributed by atoms with Gasteiger partial charge in [-0.25, -0.2) is 4.79 Å². The van der Waals surface area contributed by atoms with E-state index in [0.29, 0.717) is 23.2 Å². The first-order chi connectivity index (χ1) is 29.1. The first kappa shape index (κ1) is 46.4. The average Bonchev–Trinajstić information content (AvgIpc) is 3.64. The summed E-state index contributed by atoms with van der Waals surface area (Å²) in [6.07, 6.45) is 0.320. The molecular formula is C43H52N8O10. The van der Waals surface area contributed by atoms with Crippen LogP contribution in [0.2, 0.25) is 0 Å². The summed E-state index contributed by atoms with van der Waals surface area (Å²) in [5, 5.41) is 33.0. The van der Waals surface area contributed by atoms with Gasteiger partial charge in [-0.3, -0.25) is 33.6 Å². The Labute approximate surface area is 352 Å². The number of aromatic nitrogens is 1. The number of benzene rings is 3. The highest BCUT2D eigenvalue weighted by Gasteiger charge is 2.36. The molecule has 4 atom stereocenters. The highest BCUT2D eigenvalue weighted by molar-refractivity contribution is 5.97. The van der Waals surface area contributed by atoms with Crippen LogP contribution < -0.4 is 32.3 Å². The van der Waals surface area contributed by atoms with Gasteiger partial charge in [0.2, 0.25) is 29.5 Å². The highest BCUT2D eigenvalue weighted by Crippen LogP contribution is 2.20. The lowest BCUT2D eigenvalue weighted by Crippen LogP contribution is -2.59. The van der Waals surface area contributed by atoms with Crippen molar-refractivity contribution in [3.05, 3.63) is 102 Å². The number of nitrogens with zero attached hydrogens (tertiary/aromatic N) is 1. The Bertz CT molecular complexity index is 2190. The first-order valence-corrected chi connectivity index (χ1v) is 19.7. The number of fused-ring (bicyclic) bond motifs is 1. The molecule has 1 aromatic heterocycles. The molecule has 3 aromatic carbocycles. The molecule has 0 spiro atoms. The second-order valence-corrected chi connectivity index (χ2v) is 14.5. The summed E-state index contributed by atoms with van der Waals surface area (Å²) >= 11 is 0. The number of carboxylic acids is 2. The fraction of sp³-hybridized carbons (Fsp3) is 0.349. The third kappa shape index (κ3) is 14.5. The number of amides is 7. The number of anilines is 1. The Kier molecular flexibility index (Phi) is 17.4. The van der Waals surface area contributed by atoms with Crippen LogP contribution in [0.5, 0.6) is 0 Å². The number of nitrogens with two attached hydrogens (primary N) is 1. The molecule has 10 N–H and O–H groups in total. The quantitative estimate of drug-likeness (QED) is 0.0492. The van der Waals surface area contributed by atoms with E-state index >= 15 is 0 Å². The standard InChI is InChI=1S/C43H52N8O10/c1-26-12-6-8-16-30(26)50-43(61)45-21-11-10-18-32(42(60)51(2)35(24-38(55)56)41(59)49-33(39(44)57)22-27-13-4-3-5-14-27)48-40(58)34(47-36(52)19-20-37(53)54)23-28-25-46-31-17-9-7-15-29(28)31/h3-9,12-17,25,32-35,46H,10-11,18-24H2,1-2H3,(H2,44,57)(H,47,52)(H,48,58)(H,49,59)(H,53,54)(H,55,56)(H2,45,50,61)/t32-,33-,34-,35-/m0/s1. The molecular weight excluding hydrogens is 789 g/mol. The number of carboxylic acid groups (broad SMARTS) is 2. The molecule has 0 saturated heterocycles. The number of nitrogens with one attached hydrogen (secondary N) is 6. The minimum Gasteiger partial charge on any atom is -0.481 e. The van der Waals surface area contributed by atoms with Gasteiger partial charge < -0.3 is 52.4 Å². The number of hydrogen-bond acceptors (Lipinski definition) is 8. The Morgan fingerprint density at radius 1 is 0.738 bits per heavy atom. The summed E-state index contributed by atoms with van der Waals surface area (Å²) in [7, 11) is 1.19. The van der Waals surface area contributed by atoms with E-state index in [4.69, 9.17) is 10.8 Å². The summed E-state index contributed by atoms with van der Waals surface area (Å²) < 4.78 is 0. The zero-order valence-electron chi connectivity index (χ0n) is 33.9. The van der Waals surface area contributed by atoms with Gasteiger partial charge in [0, 0.05) is 55.6 Å². The van der Waals surface area contributed by atoms with Crippen LogP contribution in [0, 0.1) is 6.92 Å². The minimum absolute atomic E-state index is 0.00886. The molecule has 0 aliphatic rings. The molecule has 0 fully saturated rings. The van der Waals surface area contributed by atoms with Crippen LogP contribution in [-0.2, 0) is 46.4 Å². The summed E-state index contributed by atoms with van der Waals surface area (Å²) in [6, 6.07) is 17.0. The van der Waals surface area contributed by atoms with Gasteiger partial charge in [0.15, 0.2) is 0 Å². The Hall–Kier alpha value is -7.24. The number of urea groups is 1. The van der Waals surface area contributed by atoms with Crippen LogP contribution in [-0.4, -0.2) is 105 Å². The number of aromatic amines is 1. The van der Waals surface area contributed by atoms with Crippen molar-refractivity contribution < 1.29 is 48.6 Å². The zero-order valence-corrected chi connectivity index (χ0v) is 33.9. The number of aryl methyl sites for hydroxylation is 1. The minimum atomic E-state index is -1.66. The maximum atomic E-state index is 14.3. The van der Waals surface area contributed by atoms with Crippen molar-refractivity contribution in [3.8, 4) is 0 Å². The molecule has 324 valence electrons. The number of carbonyl (C=O) groups is 8. The second-order valence-electron chi connectivity index (χ2n) is 14.5. The second kappa shape index (κ2) is 22.8. The van der Waals surface area contributed by atoms with E-state index in [1.54, 1.807) is 54.7 Å². The van der Waals surface area contributed by atoms with E-state index in [0.717, 1.165) is 21.4 Å². The van der Waals surface area contributed by atoms with Crippen molar-refractivity contribution in [2.24, 2.45) is 5.73 Å². The topological polar surface area (TPSA) is 282 Å². The molecule has 0 aliphatic carbocycles. The van der Waals surface area contributed by atoms with Gasteiger partial charge in [0.1, 0.15) is 24.2 Å². The van der Waals surface area contributed by atoms with E-state index in [-0.39, 0.29) is 32.2 Å². The molecule has 4 aromatic rings. The van der Waals surface area contributed by atoms with Crippen LogP contribution in [0.25, 0.3) is 10.9 Å². The lowest BCUT2D eigenvalue weighted by Gasteiger charge is -2.32. The van der Waals surface area contributed by atoms with Crippen molar-refractivity contribution >= 4 is 64.1 Å². The van der Waals surface area contributed by atoms with Crippen molar-refractivity contribution in [3.63, 3.8) is 0 Å². The van der Waals surface area contributed by atoms with Crippen LogP contribution >= 0.6 is 0 Å². The Morgan fingerprint density at radius 3 is 2.10 bits per heavy atom. The van der Waals surface area contributed by atoms with Gasteiger partial charge in [-0.2, -0.15) is 0 Å². The number of likely N-dealkylation sites (N-methyl/N-ethyl adjacent to an activating group) is 1. The fourth-order valence-corrected chi connectivity index (χ4v) is 6.61. The lowest BCUT2D eigenvalue weighted by atomic mass is 10.0. The molecule has 0 radical (unpaired) electrons. The molecule has 0 saturated carbocycles. The number of primary amides is 1. The van der Waals surface area contributed by atoms with Gasteiger partial charge >= 0.3 is 18.0 Å². The summed E-state index contributed by atoms with van der Waals surface area (Å²) in [6.45, 7) is 2.02. The van der Waals surface area contributed by atoms with E-state index in [1.807, 2.05) is 37.3 Å². The van der Waals surface area contributed by atoms with Crippen LogP contribution in [0.1, 0.15) is 55.2 Å². The molecule has 4 rings (SSSR count). The zero-order chi connectivity index (χ0) is 44.5. The molecule has 61 heavy (non-hydrogen) atoms. The predicted octanol–water partition coefficient (Wildman–Crippen LogP) is 2.36. The number of rotatable bonds is 23. The molecule has 1 heterocycles. The number of hydrogen-bond donors (Lipinski definition) is 9. The van der Waals surface area contributed by atoms with Gasteiger partial charge in [0.25, 0.3) is 0 Å². The van der Waals surface area contributed by atoms with Gasteiger partial charge in [-0.1, -0.05) is 66.7 Å². The fourth-order valence-electron chi connectivity index (χ4n) is 6.61. The van der Waals surface area contributed by atoms with Crippen molar-refractivity contribution in [2.45, 2.75) is 82.5 Å².